The zero-order valence-electron chi connectivity index (χ0n) is 14.0. The zero-order valence-corrected chi connectivity index (χ0v) is 14.0. The van der Waals surface area contributed by atoms with Gasteiger partial charge in [0.15, 0.2) is 0 Å². The van der Waals surface area contributed by atoms with Crippen molar-refractivity contribution in [2.24, 2.45) is 23.7 Å². The lowest BCUT2D eigenvalue weighted by atomic mass is 9.92. The van der Waals surface area contributed by atoms with E-state index in [9.17, 15) is 9.59 Å². The van der Waals surface area contributed by atoms with Gasteiger partial charge in [-0.05, 0) is 63.5 Å². The number of hydrogen-bond acceptors (Lipinski definition) is 3. The fraction of sp³-hybridized carbons (Fsp3) is 0.889. The maximum atomic E-state index is 13.0. The molecule has 2 amide bonds. The van der Waals surface area contributed by atoms with Gasteiger partial charge >= 0.3 is 0 Å². The molecule has 1 aliphatic carbocycles. The van der Waals surface area contributed by atoms with E-state index in [2.05, 4.69) is 10.2 Å². The van der Waals surface area contributed by atoms with Crippen LogP contribution in [0.1, 0.15) is 38.5 Å². The Hall–Kier alpha value is -1.10. The van der Waals surface area contributed by atoms with Crippen molar-refractivity contribution in [1.82, 2.24) is 15.1 Å². The van der Waals surface area contributed by atoms with Gasteiger partial charge in [-0.15, -0.1) is 0 Å². The molecule has 4 rings (SSSR count). The number of rotatable bonds is 2. The van der Waals surface area contributed by atoms with Crippen LogP contribution in [0.25, 0.3) is 0 Å². The molecule has 4 fully saturated rings. The molecule has 3 atom stereocenters. The SMILES string of the molecule is O=C(C1CCCN(C(=O)C2CC2)C1)N1CC[C@@H]2CNC[C@@H]2CC1. The largest absolute Gasteiger partial charge is 0.342 e. The summed E-state index contributed by atoms with van der Waals surface area (Å²) in [5, 5.41) is 3.49. The van der Waals surface area contributed by atoms with E-state index in [4.69, 9.17) is 0 Å². The second-order valence-corrected chi connectivity index (χ2v) is 7.98. The predicted octanol–water partition coefficient (Wildman–Crippen LogP) is 1.09. The van der Waals surface area contributed by atoms with E-state index in [1.807, 2.05) is 4.90 Å². The Morgan fingerprint density at radius 3 is 2.04 bits per heavy atom. The molecule has 1 N–H and O–H groups in total. The summed E-state index contributed by atoms with van der Waals surface area (Å²) in [6.45, 7) is 5.59. The fourth-order valence-corrected chi connectivity index (χ4v) is 4.66. The summed E-state index contributed by atoms with van der Waals surface area (Å²) in [6, 6.07) is 0. The molecule has 4 aliphatic rings. The van der Waals surface area contributed by atoms with Gasteiger partial charge in [0.2, 0.25) is 11.8 Å². The summed E-state index contributed by atoms with van der Waals surface area (Å²) in [4.78, 5) is 29.3. The number of piperidine rings is 1. The van der Waals surface area contributed by atoms with Crippen molar-refractivity contribution >= 4 is 11.8 Å². The van der Waals surface area contributed by atoms with Gasteiger partial charge in [-0.2, -0.15) is 0 Å². The quantitative estimate of drug-likeness (QED) is 0.829. The molecule has 128 valence electrons. The standard InChI is InChI=1S/C18H29N3O2/c22-17(13-3-4-13)21-7-1-2-16(12-21)18(23)20-8-5-14-10-19-11-15(14)6-9-20/h13-16,19H,1-12H2/t14-,15+,16?. The summed E-state index contributed by atoms with van der Waals surface area (Å²) >= 11 is 0. The van der Waals surface area contributed by atoms with E-state index in [0.717, 1.165) is 83.1 Å². The van der Waals surface area contributed by atoms with Crippen molar-refractivity contribution < 1.29 is 9.59 Å². The lowest BCUT2D eigenvalue weighted by molar-refractivity contribution is -0.141. The van der Waals surface area contributed by atoms with Crippen molar-refractivity contribution in [3.63, 3.8) is 0 Å². The fourth-order valence-electron chi connectivity index (χ4n) is 4.66. The number of nitrogens with one attached hydrogen (secondary N) is 1. The Kier molecular flexibility index (Phi) is 4.31. The number of hydrogen-bond donors (Lipinski definition) is 1. The molecular weight excluding hydrogens is 290 g/mol. The monoisotopic (exact) mass is 319 g/mol. The highest BCUT2D eigenvalue weighted by Crippen LogP contribution is 2.33. The molecule has 0 bridgehead atoms. The summed E-state index contributed by atoms with van der Waals surface area (Å²) in [5.41, 5.74) is 0. The lowest BCUT2D eigenvalue weighted by Gasteiger charge is -2.35. The number of nitrogens with zero attached hydrogens (tertiary/aromatic N) is 2. The van der Waals surface area contributed by atoms with Gasteiger partial charge in [-0.3, -0.25) is 9.59 Å². The molecule has 3 heterocycles. The normalized spacial score (nSPS) is 34.9. The smallest absolute Gasteiger partial charge is 0.227 e. The average molecular weight is 319 g/mol. The van der Waals surface area contributed by atoms with Gasteiger partial charge in [0.05, 0.1) is 5.92 Å². The van der Waals surface area contributed by atoms with Crippen LogP contribution in [0.4, 0.5) is 0 Å². The molecule has 0 aromatic heterocycles. The summed E-state index contributed by atoms with van der Waals surface area (Å²) in [5.74, 6) is 2.45. The van der Waals surface area contributed by atoms with Crippen LogP contribution in [0, 0.1) is 23.7 Å². The van der Waals surface area contributed by atoms with Crippen LogP contribution in [0.3, 0.4) is 0 Å². The van der Waals surface area contributed by atoms with Crippen LogP contribution < -0.4 is 5.32 Å². The van der Waals surface area contributed by atoms with Crippen molar-refractivity contribution in [3.05, 3.63) is 0 Å². The lowest BCUT2D eigenvalue weighted by Crippen LogP contribution is -2.47. The van der Waals surface area contributed by atoms with Crippen LogP contribution in [0.2, 0.25) is 0 Å². The minimum Gasteiger partial charge on any atom is -0.342 e. The molecule has 5 nitrogen and oxygen atoms in total. The highest BCUT2D eigenvalue weighted by Gasteiger charge is 2.38. The minimum absolute atomic E-state index is 0.0440. The van der Waals surface area contributed by atoms with Gasteiger partial charge in [-0.25, -0.2) is 0 Å². The maximum Gasteiger partial charge on any atom is 0.227 e. The maximum absolute atomic E-state index is 13.0. The van der Waals surface area contributed by atoms with Gasteiger partial charge in [0, 0.05) is 32.1 Å². The second kappa shape index (κ2) is 6.42. The van der Waals surface area contributed by atoms with E-state index in [1.54, 1.807) is 0 Å². The first kappa shape index (κ1) is 15.4. The zero-order chi connectivity index (χ0) is 15.8. The molecule has 1 unspecified atom stereocenters. The van der Waals surface area contributed by atoms with Gasteiger partial charge in [-0.1, -0.05) is 0 Å². The van der Waals surface area contributed by atoms with Crippen LogP contribution in [-0.2, 0) is 9.59 Å². The predicted molar refractivity (Wildman–Crippen MR) is 87.7 cm³/mol. The minimum atomic E-state index is 0.0440. The Labute approximate surface area is 138 Å². The van der Waals surface area contributed by atoms with E-state index < -0.39 is 0 Å². The molecular formula is C18H29N3O2. The van der Waals surface area contributed by atoms with Crippen molar-refractivity contribution in [3.8, 4) is 0 Å². The van der Waals surface area contributed by atoms with Crippen molar-refractivity contribution in [2.45, 2.75) is 38.5 Å². The molecule has 0 spiro atoms. The molecule has 0 radical (unpaired) electrons. The third-order valence-corrected chi connectivity index (χ3v) is 6.34. The van der Waals surface area contributed by atoms with Crippen molar-refractivity contribution in [2.75, 3.05) is 39.3 Å². The molecule has 23 heavy (non-hydrogen) atoms. The first-order valence-electron chi connectivity index (χ1n) is 9.50. The highest BCUT2D eigenvalue weighted by molar-refractivity contribution is 5.83. The molecule has 3 saturated heterocycles. The number of carbonyl (C=O) groups is 2. The van der Waals surface area contributed by atoms with Crippen LogP contribution in [0.15, 0.2) is 0 Å². The van der Waals surface area contributed by atoms with Gasteiger partial charge < -0.3 is 15.1 Å². The van der Waals surface area contributed by atoms with Gasteiger partial charge in [0.25, 0.3) is 0 Å². The third-order valence-electron chi connectivity index (χ3n) is 6.34. The number of carbonyl (C=O) groups excluding carboxylic acids is 2. The summed E-state index contributed by atoms with van der Waals surface area (Å²) in [6.07, 6.45) is 6.32. The first-order chi connectivity index (χ1) is 11.2. The Morgan fingerprint density at radius 2 is 1.39 bits per heavy atom. The molecule has 0 aromatic carbocycles. The number of likely N-dealkylation sites (tertiary alicyclic amines) is 2. The average Bonchev–Trinajstić information content (AvgIpc) is 3.37. The first-order valence-corrected chi connectivity index (χ1v) is 9.50. The summed E-state index contributed by atoms with van der Waals surface area (Å²) < 4.78 is 0. The van der Waals surface area contributed by atoms with Crippen LogP contribution >= 0.6 is 0 Å². The number of fused-ring (bicyclic) bond motifs is 1. The molecule has 5 heteroatoms. The Balaban J connectivity index is 1.35. The van der Waals surface area contributed by atoms with Crippen LogP contribution in [0.5, 0.6) is 0 Å². The third kappa shape index (κ3) is 3.25. The highest BCUT2D eigenvalue weighted by atomic mass is 16.2. The van der Waals surface area contributed by atoms with E-state index >= 15 is 0 Å². The number of amides is 2. The van der Waals surface area contributed by atoms with E-state index in [0.29, 0.717) is 18.4 Å². The van der Waals surface area contributed by atoms with E-state index in [-0.39, 0.29) is 11.8 Å². The second-order valence-electron chi connectivity index (χ2n) is 7.98. The molecule has 3 aliphatic heterocycles. The van der Waals surface area contributed by atoms with Gasteiger partial charge in [0.1, 0.15) is 0 Å². The molecule has 1 saturated carbocycles. The van der Waals surface area contributed by atoms with E-state index in [1.165, 1.54) is 0 Å². The molecule has 0 aromatic rings. The summed E-state index contributed by atoms with van der Waals surface area (Å²) in [7, 11) is 0. The van der Waals surface area contributed by atoms with Crippen LogP contribution in [-0.4, -0.2) is 60.9 Å². The Bertz CT molecular complexity index is 463. The van der Waals surface area contributed by atoms with Crippen molar-refractivity contribution in [1.29, 1.82) is 0 Å². The topological polar surface area (TPSA) is 52.7 Å². The Morgan fingerprint density at radius 1 is 0.739 bits per heavy atom.